The molecule has 0 saturated heterocycles. The lowest BCUT2D eigenvalue weighted by Gasteiger charge is -2.34. The number of phenols is 1. The number of ether oxygens (including phenoxy) is 1. The van der Waals surface area contributed by atoms with E-state index in [1.54, 1.807) is 64.1 Å². The lowest BCUT2D eigenvalue weighted by atomic mass is 10.00. The molecule has 0 aliphatic rings. The zero-order valence-electron chi connectivity index (χ0n) is 25.0. The summed E-state index contributed by atoms with van der Waals surface area (Å²) < 4.78 is 5.32. The fraction of sp³-hybridized carbons (Fsp3) is 0.484. The first-order chi connectivity index (χ1) is 19.7. The van der Waals surface area contributed by atoms with Crippen LogP contribution in [0.15, 0.2) is 42.5 Å². The van der Waals surface area contributed by atoms with Crippen LogP contribution in [0.25, 0.3) is 0 Å². The molecule has 0 heterocycles. The molecule has 230 valence electrons. The summed E-state index contributed by atoms with van der Waals surface area (Å²) in [6.45, 7) is 8.95. The summed E-state index contributed by atoms with van der Waals surface area (Å²) in [5.41, 5.74) is 5.82. The summed E-state index contributed by atoms with van der Waals surface area (Å²) in [5, 5.41) is 16.4. The molecular formula is C31H43ClN4O6. The number of alkyl carbamates (subject to hydrolysis) is 1. The average Bonchev–Trinajstić information content (AvgIpc) is 2.88. The fourth-order valence-electron chi connectivity index (χ4n) is 4.45. The number of primary amides is 1. The number of phenolic OH excluding ortho intramolecular Hbond substituents is 1. The Labute approximate surface area is 252 Å². The molecule has 42 heavy (non-hydrogen) atoms. The number of unbranched alkanes of at least 4 members (excludes halogenated alkanes) is 4. The molecule has 0 spiro atoms. The predicted octanol–water partition coefficient (Wildman–Crippen LogP) is 5.60. The molecule has 2 aromatic rings. The number of nitrogens with two attached hydrogens (primary N) is 1. The number of hydrogen-bond donors (Lipinski definition) is 4. The number of hydrogen-bond acceptors (Lipinski definition) is 6. The summed E-state index contributed by atoms with van der Waals surface area (Å²) >= 11 is 6.39. The monoisotopic (exact) mass is 602 g/mol. The number of amides is 4. The lowest BCUT2D eigenvalue weighted by molar-refractivity contribution is -0.142. The Morgan fingerprint density at radius 2 is 1.69 bits per heavy atom. The lowest BCUT2D eigenvalue weighted by Crippen LogP contribution is -2.53. The number of nitrogens with zero attached hydrogens (tertiary/aromatic N) is 1. The van der Waals surface area contributed by atoms with E-state index in [1.807, 2.05) is 0 Å². The van der Waals surface area contributed by atoms with E-state index >= 15 is 0 Å². The fourth-order valence-corrected chi connectivity index (χ4v) is 4.72. The van der Waals surface area contributed by atoms with Crippen molar-refractivity contribution in [1.29, 1.82) is 0 Å². The number of carbonyl (C=O) groups is 4. The Morgan fingerprint density at radius 3 is 2.29 bits per heavy atom. The number of rotatable bonds is 14. The molecule has 2 atom stereocenters. The Balaban J connectivity index is 2.59. The van der Waals surface area contributed by atoms with Crippen molar-refractivity contribution in [3.8, 4) is 5.75 Å². The third-order valence-corrected chi connectivity index (χ3v) is 6.76. The van der Waals surface area contributed by atoms with Crippen LogP contribution in [0.2, 0.25) is 5.02 Å². The summed E-state index contributed by atoms with van der Waals surface area (Å²) in [7, 11) is 0. The molecule has 0 radical (unpaired) electrons. The minimum absolute atomic E-state index is 0.0989. The van der Waals surface area contributed by atoms with Crippen LogP contribution in [-0.4, -0.2) is 52.0 Å². The highest BCUT2D eigenvalue weighted by molar-refractivity contribution is 6.34. The second-order valence-electron chi connectivity index (χ2n) is 11.2. The second kappa shape index (κ2) is 16.0. The minimum atomic E-state index is -1.42. The quantitative estimate of drug-likeness (QED) is 0.207. The van der Waals surface area contributed by atoms with Gasteiger partial charge in [0.2, 0.25) is 11.8 Å². The zero-order valence-corrected chi connectivity index (χ0v) is 25.8. The third kappa shape index (κ3) is 10.6. The van der Waals surface area contributed by atoms with E-state index in [0.717, 1.165) is 25.7 Å². The van der Waals surface area contributed by atoms with E-state index in [1.165, 1.54) is 11.0 Å². The van der Waals surface area contributed by atoms with Crippen LogP contribution in [0, 0.1) is 6.92 Å². The first-order valence-corrected chi connectivity index (χ1v) is 14.5. The van der Waals surface area contributed by atoms with Gasteiger partial charge in [-0.1, -0.05) is 74.5 Å². The van der Waals surface area contributed by atoms with Crippen molar-refractivity contribution >= 4 is 41.1 Å². The van der Waals surface area contributed by atoms with Gasteiger partial charge in [-0.2, -0.15) is 0 Å². The molecular weight excluding hydrogens is 560 g/mol. The van der Waals surface area contributed by atoms with Gasteiger partial charge >= 0.3 is 6.09 Å². The van der Waals surface area contributed by atoms with Crippen LogP contribution in [0.5, 0.6) is 5.75 Å². The Morgan fingerprint density at radius 1 is 1.02 bits per heavy atom. The first-order valence-electron chi connectivity index (χ1n) is 14.2. The maximum Gasteiger partial charge on any atom is 0.408 e. The molecule has 0 aromatic heterocycles. The molecule has 2 aromatic carbocycles. The van der Waals surface area contributed by atoms with E-state index in [0.29, 0.717) is 22.7 Å². The van der Waals surface area contributed by atoms with E-state index in [9.17, 15) is 24.3 Å². The number of benzene rings is 2. The van der Waals surface area contributed by atoms with Crippen LogP contribution < -0.4 is 16.4 Å². The normalized spacial score (nSPS) is 12.6. The number of nitrogens with one attached hydrogen (secondary N) is 2. The van der Waals surface area contributed by atoms with Crippen LogP contribution in [0.3, 0.4) is 0 Å². The molecule has 0 bridgehead atoms. The first kappa shape index (κ1) is 34.4. The summed E-state index contributed by atoms with van der Waals surface area (Å²) in [6, 6.07) is 8.59. The largest absolute Gasteiger partial charge is 0.508 e. The maximum atomic E-state index is 14.2. The Kier molecular flexibility index (Phi) is 13.1. The highest BCUT2D eigenvalue weighted by Crippen LogP contribution is 2.33. The zero-order chi connectivity index (χ0) is 31.4. The maximum absolute atomic E-state index is 14.2. The number of halogens is 1. The topological polar surface area (TPSA) is 151 Å². The van der Waals surface area contributed by atoms with Gasteiger partial charge in [-0.3, -0.25) is 14.4 Å². The van der Waals surface area contributed by atoms with Crippen LogP contribution >= 0.6 is 11.6 Å². The standard InChI is InChI=1S/C31H43ClN4O6/c1-6-7-8-9-12-18-36(29(40)23(19-25(33)38)34-30(41)42-31(3,4)5)27(21-15-10-11-17-24(21)37)28(39)35-26-20(2)14-13-16-22(26)32/h10-11,13-17,23,27,37H,6-9,12,18-19H2,1-5H3,(H2,33,38)(H,34,41)(H,35,39). The Hall–Kier alpha value is -3.79. The summed E-state index contributed by atoms with van der Waals surface area (Å²) in [4.78, 5) is 54.1. The predicted molar refractivity (Wildman–Crippen MR) is 163 cm³/mol. The van der Waals surface area contributed by atoms with Crippen LogP contribution in [0.4, 0.5) is 10.5 Å². The highest BCUT2D eigenvalue weighted by atomic mass is 35.5. The van der Waals surface area contributed by atoms with Crippen molar-refractivity contribution < 1.29 is 29.0 Å². The van der Waals surface area contributed by atoms with Crippen molar-refractivity contribution in [3.05, 3.63) is 58.6 Å². The van der Waals surface area contributed by atoms with E-state index in [-0.39, 0.29) is 17.9 Å². The molecule has 0 aliphatic heterocycles. The van der Waals surface area contributed by atoms with Gasteiger partial charge < -0.3 is 31.1 Å². The molecule has 10 nitrogen and oxygen atoms in total. The van der Waals surface area contributed by atoms with E-state index in [2.05, 4.69) is 17.6 Å². The van der Waals surface area contributed by atoms with Gasteiger partial charge in [0, 0.05) is 12.1 Å². The molecule has 2 unspecified atom stereocenters. The third-order valence-electron chi connectivity index (χ3n) is 6.44. The van der Waals surface area contributed by atoms with Crippen LogP contribution in [-0.2, 0) is 19.1 Å². The number of aryl methyl sites for hydroxylation is 1. The van der Waals surface area contributed by atoms with Gasteiger partial charge in [0.05, 0.1) is 17.1 Å². The van der Waals surface area contributed by atoms with Gasteiger partial charge in [-0.05, 0) is 51.8 Å². The highest BCUT2D eigenvalue weighted by Gasteiger charge is 2.38. The Bertz CT molecular complexity index is 1230. The van der Waals surface area contributed by atoms with Crippen molar-refractivity contribution in [2.75, 3.05) is 11.9 Å². The van der Waals surface area contributed by atoms with Crippen molar-refractivity contribution in [2.45, 2.75) is 90.8 Å². The van der Waals surface area contributed by atoms with Crippen LogP contribution in [0.1, 0.15) is 83.4 Å². The molecule has 2 rings (SSSR count). The molecule has 0 aliphatic carbocycles. The molecule has 4 amide bonds. The number of aromatic hydroxyl groups is 1. The van der Waals surface area contributed by atoms with Gasteiger partial charge in [0.1, 0.15) is 23.4 Å². The van der Waals surface area contributed by atoms with Crippen molar-refractivity contribution in [3.63, 3.8) is 0 Å². The van der Waals surface area contributed by atoms with Crippen molar-refractivity contribution in [2.24, 2.45) is 5.73 Å². The number of para-hydroxylation sites is 2. The van der Waals surface area contributed by atoms with Gasteiger partial charge in [-0.25, -0.2) is 4.79 Å². The van der Waals surface area contributed by atoms with Gasteiger partial charge in [0.25, 0.3) is 5.91 Å². The van der Waals surface area contributed by atoms with Gasteiger partial charge in [0.15, 0.2) is 0 Å². The van der Waals surface area contributed by atoms with Crippen molar-refractivity contribution in [1.82, 2.24) is 10.2 Å². The molecule has 0 fully saturated rings. The smallest absolute Gasteiger partial charge is 0.408 e. The molecule has 5 N–H and O–H groups in total. The summed E-state index contributed by atoms with van der Waals surface area (Å²) in [5.74, 6) is -2.40. The average molecular weight is 603 g/mol. The second-order valence-corrected chi connectivity index (χ2v) is 11.6. The SMILES string of the molecule is CCCCCCCN(C(=O)C(CC(N)=O)NC(=O)OC(C)(C)C)C(C(=O)Nc1c(C)cccc1Cl)c1ccccc1O. The number of anilines is 1. The van der Waals surface area contributed by atoms with E-state index in [4.69, 9.17) is 22.1 Å². The molecule has 11 heteroatoms. The molecule has 0 saturated carbocycles. The summed E-state index contributed by atoms with van der Waals surface area (Å²) in [6.07, 6.45) is 2.81. The van der Waals surface area contributed by atoms with E-state index < -0.39 is 47.9 Å². The van der Waals surface area contributed by atoms with Gasteiger partial charge in [-0.15, -0.1) is 0 Å². The minimum Gasteiger partial charge on any atom is -0.508 e. The number of carbonyl (C=O) groups excluding carboxylic acids is 4.